The Bertz CT molecular complexity index is 476. The molecule has 0 aliphatic carbocycles. The maximum atomic E-state index is 10.2. The summed E-state index contributed by atoms with van der Waals surface area (Å²) in [6, 6.07) is 0. The molecule has 41 heavy (non-hydrogen) atoms. The summed E-state index contributed by atoms with van der Waals surface area (Å²) >= 11 is 0. The van der Waals surface area contributed by atoms with E-state index in [0.29, 0.717) is 0 Å². The van der Waals surface area contributed by atoms with E-state index in [0.717, 1.165) is 37.5 Å². The van der Waals surface area contributed by atoms with Crippen LogP contribution in [0.3, 0.4) is 0 Å². The minimum Gasteiger partial charge on any atom is -0.550 e. The predicted molar refractivity (Wildman–Crippen MR) is 175 cm³/mol. The minimum atomic E-state index is -0.904. The van der Waals surface area contributed by atoms with Crippen molar-refractivity contribution >= 4 is 49.7 Å². The maximum absolute atomic E-state index is 10.2. The fraction of sp³-hybridized carbons (Fsp3) is 0.944. The Labute approximate surface area is 287 Å². The van der Waals surface area contributed by atoms with E-state index in [1.54, 1.807) is 0 Å². The summed E-state index contributed by atoms with van der Waals surface area (Å²) in [6.45, 7) is 9.22. The summed E-state index contributed by atoms with van der Waals surface area (Å²) in [6.07, 6.45) is 34.0. The summed E-state index contributed by atoms with van der Waals surface area (Å²) in [5, 5.41) is 20.4. The maximum Gasteiger partial charge on any atom is 2.00 e. The predicted octanol–water partition coefficient (Wildman–Crippen LogP) is 9.33. The van der Waals surface area contributed by atoms with Gasteiger partial charge in [-0.15, -0.1) is 0 Å². The largest absolute Gasteiger partial charge is 2.00 e. The van der Waals surface area contributed by atoms with Gasteiger partial charge >= 0.3 is 37.7 Å². The molecule has 0 aromatic rings. The molecule has 0 aromatic carbocycles. The van der Waals surface area contributed by atoms with Crippen LogP contribution in [0, 0.1) is 11.8 Å². The first-order valence-electron chi connectivity index (χ1n) is 17.6. The van der Waals surface area contributed by atoms with Crippen molar-refractivity contribution in [3.8, 4) is 0 Å². The van der Waals surface area contributed by atoms with Crippen LogP contribution in [0.4, 0.5) is 0 Å². The number of carbonyl (C=O) groups excluding carboxylic acids is 2. The van der Waals surface area contributed by atoms with Gasteiger partial charge in [0.15, 0.2) is 0 Å². The smallest absolute Gasteiger partial charge is 0.550 e. The number of aliphatic carboxylic acids is 2. The quantitative estimate of drug-likeness (QED) is 0.0603. The zero-order valence-corrected chi connectivity index (χ0v) is 30.5. The van der Waals surface area contributed by atoms with E-state index >= 15 is 0 Å². The second-order valence-corrected chi connectivity index (χ2v) is 13.1. The molecule has 5 heteroatoms. The Morgan fingerprint density at radius 2 is 0.537 bits per heavy atom. The molecule has 0 bridgehead atoms. The number of hydrogen-bond acceptors (Lipinski definition) is 4. The first-order chi connectivity index (χ1) is 19.3. The van der Waals surface area contributed by atoms with Crippen LogP contribution in [-0.2, 0) is 9.59 Å². The first-order valence-corrected chi connectivity index (χ1v) is 17.6. The van der Waals surface area contributed by atoms with E-state index in [1.807, 2.05) is 0 Å². The monoisotopic (exact) mass is 606 g/mol. The minimum absolute atomic E-state index is 0. The van der Waals surface area contributed by atoms with E-state index in [1.165, 1.54) is 141 Å². The standard InChI is InChI=1S/2C18H36O2.Ca/c2*1-17(2)15-13-11-9-7-5-3-4-6-8-10-12-14-16-18(19)20;/h2*17H,3-16H2,1-2H3,(H,19,20);/q;;+2/p-2. The second-order valence-electron chi connectivity index (χ2n) is 13.1. The van der Waals surface area contributed by atoms with Crippen LogP contribution in [0.1, 0.15) is 207 Å². The fourth-order valence-electron chi connectivity index (χ4n) is 5.18. The Balaban J connectivity index is -0.000000688. The number of carboxylic acids is 2. The van der Waals surface area contributed by atoms with Gasteiger partial charge in [-0.2, -0.15) is 0 Å². The van der Waals surface area contributed by atoms with E-state index in [9.17, 15) is 19.8 Å². The molecule has 0 atom stereocenters. The Hall–Kier alpha value is 0.200. The Morgan fingerprint density at radius 3 is 0.707 bits per heavy atom. The zero-order valence-electron chi connectivity index (χ0n) is 28.3. The van der Waals surface area contributed by atoms with Gasteiger partial charge in [-0.3, -0.25) is 0 Å². The molecule has 0 N–H and O–H groups in total. The Morgan fingerprint density at radius 1 is 0.366 bits per heavy atom. The van der Waals surface area contributed by atoms with Crippen LogP contribution in [0.25, 0.3) is 0 Å². The van der Waals surface area contributed by atoms with Gasteiger partial charge < -0.3 is 19.8 Å². The van der Waals surface area contributed by atoms with Gasteiger partial charge in [0.25, 0.3) is 0 Å². The summed E-state index contributed by atoms with van der Waals surface area (Å²) in [5.74, 6) is -0.0830. The molecule has 0 radical (unpaired) electrons. The molecule has 0 saturated heterocycles. The third-order valence-corrected chi connectivity index (χ3v) is 7.82. The molecule has 4 nitrogen and oxygen atoms in total. The molecule has 0 heterocycles. The van der Waals surface area contributed by atoms with Crippen LogP contribution >= 0.6 is 0 Å². The summed E-state index contributed by atoms with van der Waals surface area (Å²) in [4.78, 5) is 20.4. The van der Waals surface area contributed by atoms with Crippen molar-refractivity contribution in [1.29, 1.82) is 0 Å². The topological polar surface area (TPSA) is 80.3 Å². The average molecular weight is 607 g/mol. The van der Waals surface area contributed by atoms with Crippen molar-refractivity contribution in [2.24, 2.45) is 11.8 Å². The van der Waals surface area contributed by atoms with Gasteiger partial charge in [-0.1, -0.05) is 182 Å². The van der Waals surface area contributed by atoms with E-state index in [-0.39, 0.29) is 50.6 Å². The van der Waals surface area contributed by atoms with Crippen molar-refractivity contribution in [2.45, 2.75) is 207 Å². The number of rotatable bonds is 30. The number of carbonyl (C=O) groups is 2. The van der Waals surface area contributed by atoms with Gasteiger partial charge in [-0.05, 0) is 37.5 Å². The average Bonchev–Trinajstić information content (AvgIpc) is 2.88. The summed E-state index contributed by atoms with van der Waals surface area (Å²) in [5.41, 5.74) is 0. The Kier molecular flexibility index (Phi) is 42.5. The zero-order chi connectivity index (χ0) is 30.1. The van der Waals surface area contributed by atoms with Crippen LogP contribution in [0.2, 0.25) is 0 Å². The summed E-state index contributed by atoms with van der Waals surface area (Å²) < 4.78 is 0. The van der Waals surface area contributed by atoms with E-state index in [4.69, 9.17) is 0 Å². The van der Waals surface area contributed by atoms with Gasteiger partial charge in [-0.25, -0.2) is 0 Å². The van der Waals surface area contributed by atoms with Gasteiger partial charge in [0, 0.05) is 11.9 Å². The van der Waals surface area contributed by atoms with Crippen molar-refractivity contribution in [2.75, 3.05) is 0 Å². The molecular weight excluding hydrogens is 536 g/mol. The van der Waals surface area contributed by atoms with Crippen LogP contribution in [0.15, 0.2) is 0 Å². The number of unbranched alkanes of at least 4 members (excludes halogenated alkanes) is 22. The second kappa shape index (κ2) is 38.2. The summed E-state index contributed by atoms with van der Waals surface area (Å²) in [7, 11) is 0. The van der Waals surface area contributed by atoms with Gasteiger partial charge in [0.1, 0.15) is 0 Å². The van der Waals surface area contributed by atoms with Crippen LogP contribution < -0.4 is 10.2 Å². The number of carboxylic acid groups (broad SMARTS) is 2. The number of hydrogen-bond donors (Lipinski definition) is 0. The third-order valence-electron chi connectivity index (χ3n) is 7.82. The van der Waals surface area contributed by atoms with Gasteiger partial charge in [0.05, 0.1) is 0 Å². The van der Waals surface area contributed by atoms with E-state index in [2.05, 4.69) is 27.7 Å². The molecule has 0 amide bonds. The molecule has 0 unspecified atom stereocenters. The van der Waals surface area contributed by atoms with Gasteiger partial charge in [0.2, 0.25) is 0 Å². The van der Waals surface area contributed by atoms with Crippen LogP contribution in [0.5, 0.6) is 0 Å². The molecule has 0 rings (SSSR count). The van der Waals surface area contributed by atoms with Crippen molar-refractivity contribution < 1.29 is 19.8 Å². The fourth-order valence-corrected chi connectivity index (χ4v) is 5.18. The SMILES string of the molecule is CC(C)CCCCCCCCCCCCCCC(=O)[O-].CC(C)CCCCCCCCCCCCCCC(=O)[O-].[Ca+2]. The normalized spacial score (nSPS) is 10.9. The van der Waals surface area contributed by atoms with Crippen molar-refractivity contribution in [1.82, 2.24) is 0 Å². The molecule has 0 aromatic heterocycles. The molecule has 0 spiro atoms. The molecular formula is C36H70CaO4. The van der Waals surface area contributed by atoms with Crippen molar-refractivity contribution in [3.63, 3.8) is 0 Å². The third kappa shape index (κ3) is 50.2. The first kappa shape index (κ1) is 45.6. The molecule has 0 aliphatic heterocycles. The van der Waals surface area contributed by atoms with Crippen LogP contribution in [-0.4, -0.2) is 49.7 Å². The van der Waals surface area contributed by atoms with Crippen molar-refractivity contribution in [3.05, 3.63) is 0 Å². The molecule has 0 fully saturated rings. The molecule has 0 aliphatic rings. The van der Waals surface area contributed by atoms with E-state index < -0.39 is 11.9 Å². The molecule has 0 saturated carbocycles. The molecule has 240 valence electrons.